The van der Waals surface area contributed by atoms with Crippen LogP contribution in [-0.4, -0.2) is 46.5 Å². The first-order valence-corrected chi connectivity index (χ1v) is 13.8. The molecule has 1 aliphatic rings. The number of aromatic amines is 1. The van der Waals surface area contributed by atoms with Gasteiger partial charge in [-0.3, -0.25) is 14.4 Å². The summed E-state index contributed by atoms with van der Waals surface area (Å²) in [5.41, 5.74) is 4.38. The fourth-order valence-electron chi connectivity index (χ4n) is 5.75. The summed E-state index contributed by atoms with van der Waals surface area (Å²) in [5.74, 6) is 0.807. The number of hydrogen-bond acceptors (Lipinski definition) is 4. The third-order valence-electron chi connectivity index (χ3n) is 7.94. The third-order valence-corrected chi connectivity index (χ3v) is 7.94. The van der Waals surface area contributed by atoms with Crippen molar-refractivity contribution in [3.63, 3.8) is 0 Å². The number of nitrogens with zero attached hydrogens (tertiary/aromatic N) is 2. The van der Waals surface area contributed by atoms with Gasteiger partial charge in [0, 0.05) is 41.9 Å². The zero-order valence-corrected chi connectivity index (χ0v) is 23.3. The normalized spacial score (nSPS) is 13.9. The van der Waals surface area contributed by atoms with Crippen molar-refractivity contribution in [2.24, 2.45) is 5.92 Å². The number of aromatic nitrogens is 2. The molecule has 0 atom stereocenters. The van der Waals surface area contributed by atoms with Crippen LogP contribution in [0.4, 0.5) is 0 Å². The van der Waals surface area contributed by atoms with Gasteiger partial charge in [-0.15, -0.1) is 0 Å². The molecule has 2 aromatic carbocycles. The molecule has 1 fully saturated rings. The van der Waals surface area contributed by atoms with Gasteiger partial charge in [-0.25, -0.2) is 0 Å². The molecule has 40 heavy (non-hydrogen) atoms. The molecule has 8 heteroatoms. The number of likely N-dealkylation sites (tertiary alicyclic amines) is 1. The molecular formula is C32H36N4O4. The molecule has 0 bridgehead atoms. The number of para-hydroxylation sites is 1. The van der Waals surface area contributed by atoms with Gasteiger partial charge >= 0.3 is 0 Å². The number of aryl methyl sites for hydroxylation is 1. The summed E-state index contributed by atoms with van der Waals surface area (Å²) in [7, 11) is 1.51. The van der Waals surface area contributed by atoms with E-state index < -0.39 is 0 Å². The minimum Gasteiger partial charge on any atom is -0.496 e. The van der Waals surface area contributed by atoms with Gasteiger partial charge in [0.05, 0.1) is 31.2 Å². The number of pyridine rings is 1. The lowest BCUT2D eigenvalue weighted by Gasteiger charge is -2.32. The minimum absolute atomic E-state index is 0.0615. The van der Waals surface area contributed by atoms with Crippen molar-refractivity contribution >= 4 is 22.7 Å². The number of methoxy groups -OCH3 is 1. The Bertz CT molecular complexity index is 1580. The van der Waals surface area contributed by atoms with Crippen molar-refractivity contribution in [1.82, 2.24) is 19.8 Å². The molecule has 5 rings (SSSR count). The van der Waals surface area contributed by atoms with Crippen LogP contribution < -0.4 is 15.6 Å². The highest BCUT2D eigenvalue weighted by molar-refractivity contribution is 6.08. The number of ether oxygens (including phenoxy) is 1. The Morgan fingerprint density at radius 2 is 1.73 bits per heavy atom. The van der Waals surface area contributed by atoms with E-state index in [1.165, 1.54) is 7.11 Å². The average Bonchev–Trinajstić information content (AvgIpc) is 3.23. The zero-order valence-electron chi connectivity index (χ0n) is 23.3. The van der Waals surface area contributed by atoms with Gasteiger partial charge in [0.25, 0.3) is 11.5 Å². The Hall–Kier alpha value is -4.33. The van der Waals surface area contributed by atoms with Crippen LogP contribution in [0.25, 0.3) is 10.9 Å². The van der Waals surface area contributed by atoms with Crippen LogP contribution in [0.3, 0.4) is 0 Å². The van der Waals surface area contributed by atoms with E-state index in [-0.39, 0.29) is 23.9 Å². The first-order chi connectivity index (χ1) is 19.4. The molecule has 0 unspecified atom stereocenters. The van der Waals surface area contributed by atoms with E-state index in [1.807, 2.05) is 66.4 Å². The van der Waals surface area contributed by atoms with E-state index in [9.17, 15) is 14.4 Å². The maximum atomic E-state index is 13.5. The van der Waals surface area contributed by atoms with Crippen molar-refractivity contribution in [3.05, 3.63) is 99.1 Å². The quantitative estimate of drug-likeness (QED) is 0.347. The number of nitrogens with one attached hydrogen (secondary N) is 2. The van der Waals surface area contributed by atoms with E-state index in [1.54, 1.807) is 13.0 Å². The van der Waals surface area contributed by atoms with E-state index in [2.05, 4.69) is 14.9 Å². The molecular weight excluding hydrogens is 504 g/mol. The van der Waals surface area contributed by atoms with Gasteiger partial charge in [0.2, 0.25) is 5.91 Å². The number of fused-ring (bicyclic) bond motifs is 1. The molecule has 0 aliphatic carbocycles. The van der Waals surface area contributed by atoms with Crippen molar-refractivity contribution in [2.45, 2.75) is 46.2 Å². The van der Waals surface area contributed by atoms with Gasteiger partial charge in [-0.05, 0) is 50.3 Å². The molecule has 0 saturated carbocycles. The molecule has 2 amide bonds. The van der Waals surface area contributed by atoms with Crippen LogP contribution in [-0.2, 0) is 24.3 Å². The monoisotopic (exact) mass is 540 g/mol. The van der Waals surface area contributed by atoms with Crippen LogP contribution in [0.1, 0.15) is 45.7 Å². The van der Waals surface area contributed by atoms with Gasteiger partial charge in [0.15, 0.2) is 0 Å². The number of piperidine rings is 1. The second kappa shape index (κ2) is 11.8. The van der Waals surface area contributed by atoms with E-state index in [0.29, 0.717) is 34.9 Å². The molecule has 2 N–H and O–H groups in total. The van der Waals surface area contributed by atoms with E-state index in [0.717, 1.165) is 54.6 Å². The smallest absolute Gasteiger partial charge is 0.256 e. The van der Waals surface area contributed by atoms with Crippen LogP contribution in [0, 0.1) is 19.8 Å². The van der Waals surface area contributed by atoms with Crippen molar-refractivity contribution in [2.75, 3.05) is 20.2 Å². The lowest BCUT2D eigenvalue weighted by Crippen LogP contribution is -2.40. The summed E-state index contributed by atoms with van der Waals surface area (Å²) in [6, 6.07) is 19.6. The molecule has 4 aromatic rings. The maximum absolute atomic E-state index is 13.5. The van der Waals surface area contributed by atoms with Crippen molar-refractivity contribution in [1.29, 1.82) is 0 Å². The first-order valence-electron chi connectivity index (χ1n) is 13.8. The second-order valence-corrected chi connectivity index (χ2v) is 10.6. The summed E-state index contributed by atoms with van der Waals surface area (Å²) in [4.78, 5) is 43.6. The SMILES string of the molecule is COc1cc(C)[nH]c(=O)c1CNC(=O)c1c(C)n(CC2CCN(C(=O)Cc3ccccc3)CC2)c2ccccc12. The summed E-state index contributed by atoms with van der Waals surface area (Å²) in [6.45, 7) is 6.10. The summed E-state index contributed by atoms with van der Waals surface area (Å²) in [6.07, 6.45) is 2.28. The molecule has 8 nitrogen and oxygen atoms in total. The lowest BCUT2D eigenvalue weighted by molar-refractivity contribution is -0.131. The van der Waals surface area contributed by atoms with Gasteiger partial charge < -0.3 is 24.5 Å². The van der Waals surface area contributed by atoms with Gasteiger partial charge in [0.1, 0.15) is 5.75 Å². The average molecular weight is 541 g/mol. The van der Waals surface area contributed by atoms with E-state index >= 15 is 0 Å². The number of rotatable bonds is 8. The molecule has 0 spiro atoms. The number of benzene rings is 2. The fourth-order valence-corrected chi connectivity index (χ4v) is 5.75. The predicted octanol–water partition coefficient (Wildman–Crippen LogP) is 4.37. The number of carbonyl (C=O) groups is 2. The van der Waals surface area contributed by atoms with Gasteiger partial charge in [-0.1, -0.05) is 48.5 Å². The van der Waals surface area contributed by atoms with Crippen LogP contribution in [0.2, 0.25) is 0 Å². The van der Waals surface area contributed by atoms with Gasteiger partial charge in [-0.2, -0.15) is 0 Å². The van der Waals surface area contributed by atoms with Crippen LogP contribution >= 0.6 is 0 Å². The topological polar surface area (TPSA) is 96.4 Å². The maximum Gasteiger partial charge on any atom is 0.256 e. The highest BCUT2D eigenvalue weighted by Crippen LogP contribution is 2.29. The first kappa shape index (κ1) is 27.2. The zero-order chi connectivity index (χ0) is 28.2. The highest BCUT2D eigenvalue weighted by Gasteiger charge is 2.26. The number of hydrogen-bond donors (Lipinski definition) is 2. The van der Waals surface area contributed by atoms with Crippen molar-refractivity contribution < 1.29 is 14.3 Å². The van der Waals surface area contributed by atoms with Crippen LogP contribution in [0.15, 0.2) is 65.5 Å². The Balaban J connectivity index is 1.29. The molecule has 1 saturated heterocycles. The minimum atomic E-state index is -0.273. The fraction of sp³-hybridized carbons (Fsp3) is 0.344. The predicted molar refractivity (Wildman–Crippen MR) is 156 cm³/mol. The number of amides is 2. The second-order valence-electron chi connectivity index (χ2n) is 10.6. The Labute approximate surface area is 234 Å². The molecule has 2 aromatic heterocycles. The molecule has 208 valence electrons. The number of carbonyl (C=O) groups excluding carboxylic acids is 2. The third kappa shape index (κ3) is 5.66. The largest absolute Gasteiger partial charge is 0.496 e. The molecule has 3 heterocycles. The highest BCUT2D eigenvalue weighted by atomic mass is 16.5. The standard InChI is InChI=1S/C32H36N4O4/c1-21-17-28(40-3)26(31(38)34-21)19-33-32(39)30-22(2)36(27-12-8-7-11-25(27)30)20-24-13-15-35(16-14-24)29(37)18-23-9-5-4-6-10-23/h4-12,17,24H,13-16,18-20H2,1-3H3,(H,33,39)(H,34,38). The molecule has 1 aliphatic heterocycles. The summed E-state index contributed by atoms with van der Waals surface area (Å²) >= 11 is 0. The van der Waals surface area contributed by atoms with Crippen LogP contribution in [0.5, 0.6) is 5.75 Å². The summed E-state index contributed by atoms with van der Waals surface area (Å²) in [5, 5.41) is 3.83. The van der Waals surface area contributed by atoms with E-state index in [4.69, 9.17) is 4.74 Å². The number of H-pyrrole nitrogens is 1. The Morgan fingerprint density at radius 3 is 2.45 bits per heavy atom. The summed E-state index contributed by atoms with van der Waals surface area (Å²) < 4.78 is 7.61. The lowest BCUT2D eigenvalue weighted by atomic mass is 9.96. The van der Waals surface area contributed by atoms with Crippen molar-refractivity contribution in [3.8, 4) is 5.75 Å². The Morgan fingerprint density at radius 1 is 1.02 bits per heavy atom. The molecule has 0 radical (unpaired) electrons. The Kier molecular flexibility index (Phi) is 8.05.